The van der Waals surface area contributed by atoms with Crippen LogP contribution in [0.5, 0.6) is 0 Å². The van der Waals surface area contributed by atoms with Gasteiger partial charge in [0, 0.05) is 11.9 Å². The Balaban J connectivity index is 0.00000176. The number of hydrogen-bond donors (Lipinski definition) is 0. The normalized spacial score (nSPS) is 20.0. The minimum atomic E-state index is -0.0953. The predicted octanol–water partition coefficient (Wildman–Crippen LogP) is 4.28. The molecule has 0 amide bonds. The molecule has 1 aromatic rings. The molecule has 0 spiro atoms. The van der Waals surface area contributed by atoms with E-state index in [0.29, 0.717) is 5.76 Å². The molecule has 0 aromatic heterocycles. The molecule has 1 heterocycles. The first-order valence-electron chi connectivity index (χ1n) is 6.60. The van der Waals surface area contributed by atoms with Gasteiger partial charge < -0.3 is 9.64 Å². The van der Waals surface area contributed by atoms with Gasteiger partial charge in [-0.2, -0.15) is 0 Å². The number of rotatable bonds is 2. The molecule has 0 saturated heterocycles. The second kappa shape index (κ2) is 7.19. The third-order valence-corrected chi connectivity index (χ3v) is 4.56. The number of anilines is 1. The van der Waals surface area contributed by atoms with Crippen LogP contribution in [0.2, 0.25) is 0 Å². The molecule has 22 heavy (non-hydrogen) atoms. The Kier molecular flexibility index (Phi) is 5.52. The van der Waals surface area contributed by atoms with Crippen LogP contribution in [0.25, 0.3) is 0 Å². The van der Waals surface area contributed by atoms with Gasteiger partial charge in [-0.1, -0.05) is 36.0 Å². The first-order chi connectivity index (χ1) is 10.2. The van der Waals surface area contributed by atoms with Crippen LogP contribution in [0.15, 0.2) is 75.9 Å². The van der Waals surface area contributed by atoms with Crippen molar-refractivity contribution < 1.29 is 9.53 Å². The average Bonchev–Trinajstić information content (AvgIpc) is 2.83. The molecule has 0 radical (unpaired) electrons. The lowest BCUT2D eigenvalue weighted by Gasteiger charge is -2.12. The summed E-state index contributed by atoms with van der Waals surface area (Å²) in [7, 11) is 3.57. The van der Waals surface area contributed by atoms with Crippen LogP contribution in [0.1, 0.15) is 0 Å². The van der Waals surface area contributed by atoms with Crippen molar-refractivity contribution in [3.8, 4) is 0 Å². The number of carbonyl (C=O) groups is 1. The summed E-state index contributed by atoms with van der Waals surface area (Å²) in [5, 5.41) is 1.15. The molecule has 5 heteroatoms. The van der Waals surface area contributed by atoms with E-state index in [1.807, 2.05) is 18.2 Å². The molecule has 1 aliphatic heterocycles. The van der Waals surface area contributed by atoms with E-state index in [2.05, 4.69) is 30.2 Å². The van der Waals surface area contributed by atoms with Crippen LogP contribution in [-0.4, -0.2) is 19.9 Å². The summed E-state index contributed by atoms with van der Waals surface area (Å²) in [4.78, 5) is 14.9. The molecular formula is C17H16INO2S. The maximum absolute atomic E-state index is 11.5. The smallest absolute Gasteiger partial charge is 0.220 e. The van der Waals surface area contributed by atoms with Crippen LogP contribution in [0, 0.1) is 0 Å². The highest BCUT2D eigenvalue weighted by Crippen LogP contribution is 2.44. The molecule has 0 saturated carbocycles. The first-order valence-corrected chi connectivity index (χ1v) is 7.41. The lowest BCUT2D eigenvalue weighted by atomic mass is 10.1. The summed E-state index contributed by atoms with van der Waals surface area (Å²) in [5.41, 5.74) is 2.17. The largest absolute Gasteiger partial charge is 0.493 e. The number of methoxy groups -OCH3 is 1. The highest BCUT2D eigenvalue weighted by molar-refractivity contribution is 14.0. The molecule has 3 rings (SSSR count). The number of hydrogen-bond acceptors (Lipinski definition) is 4. The standard InChI is InChI=1S/C17H15NO2S.HI/c1-18-13-5-3-4-6-16(13)21-17(18)10-8-12-7-9-14(19)15(11-12)20-2;/h3-11H,1-2H3;1H/b12-8+,17-10-;. The summed E-state index contributed by atoms with van der Waals surface area (Å²) < 4.78 is 5.06. The van der Waals surface area contributed by atoms with Crippen molar-refractivity contribution in [2.45, 2.75) is 4.90 Å². The van der Waals surface area contributed by atoms with Gasteiger partial charge in [-0.25, -0.2) is 0 Å². The number of carbonyl (C=O) groups excluding carboxylic acids is 1. The molecule has 114 valence electrons. The topological polar surface area (TPSA) is 29.5 Å². The van der Waals surface area contributed by atoms with Crippen molar-refractivity contribution >= 4 is 47.2 Å². The third kappa shape index (κ3) is 3.30. The van der Waals surface area contributed by atoms with Crippen LogP contribution >= 0.6 is 35.7 Å². The fraction of sp³-hybridized carbons (Fsp3) is 0.118. The fourth-order valence-electron chi connectivity index (χ4n) is 2.22. The van der Waals surface area contributed by atoms with Crippen molar-refractivity contribution in [3.63, 3.8) is 0 Å². The summed E-state index contributed by atoms with van der Waals surface area (Å²) in [6.07, 6.45) is 9.14. The number of para-hydroxylation sites is 1. The van der Waals surface area contributed by atoms with E-state index in [9.17, 15) is 4.79 Å². The minimum absolute atomic E-state index is 0. The van der Waals surface area contributed by atoms with E-state index in [4.69, 9.17) is 4.74 Å². The molecule has 1 aliphatic carbocycles. The van der Waals surface area contributed by atoms with Gasteiger partial charge in [0.25, 0.3) is 0 Å². The lowest BCUT2D eigenvalue weighted by molar-refractivity contribution is -0.114. The zero-order chi connectivity index (χ0) is 14.8. The minimum Gasteiger partial charge on any atom is -0.493 e. The Labute approximate surface area is 151 Å². The molecule has 0 bridgehead atoms. The van der Waals surface area contributed by atoms with Crippen molar-refractivity contribution in [2.75, 3.05) is 19.1 Å². The molecule has 0 N–H and O–H groups in total. The van der Waals surface area contributed by atoms with E-state index in [0.717, 1.165) is 10.6 Å². The van der Waals surface area contributed by atoms with Crippen LogP contribution in [0.3, 0.4) is 0 Å². The quantitative estimate of drug-likeness (QED) is 0.662. The highest BCUT2D eigenvalue weighted by atomic mass is 127. The number of thioether (sulfide) groups is 1. The Morgan fingerprint density at radius 1 is 1.18 bits per heavy atom. The van der Waals surface area contributed by atoms with Gasteiger partial charge in [0.15, 0.2) is 5.76 Å². The summed E-state index contributed by atoms with van der Waals surface area (Å²) in [5.74, 6) is 0.278. The zero-order valence-corrected chi connectivity index (χ0v) is 15.4. The molecule has 0 unspecified atom stereocenters. The van der Waals surface area contributed by atoms with E-state index < -0.39 is 0 Å². The highest BCUT2D eigenvalue weighted by Gasteiger charge is 2.20. The second-order valence-electron chi connectivity index (χ2n) is 4.71. The first kappa shape index (κ1) is 16.9. The summed E-state index contributed by atoms with van der Waals surface area (Å²) in [6, 6.07) is 8.32. The number of fused-ring (bicyclic) bond motifs is 1. The van der Waals surface area contributed by atoms with Gasteiger partial charge in [-0.15, -0.1) is 24.0 Å². The van der Waals surface area contributed by atoms with Crippen molar-refractivity contribution in [1.82, 2.24) is 0 Å². The molecule has 3 nitrogen and oxygen atoms in total. The van der Waals surface area contributed by atoms with E-state index in [1.165, 1.54) is 23.8 Å². The number of allylic oxidation sites excluding steroid dienone is 6. The number of nitrogens with zero attached hydrogens (tertiary/aromatic N) is 1. The number of ketones is 1. The van der Waals surface area contributed by atoms with Gasteiger partial charge in [0.2, 0.25) is 5.78 Å². The predicted molar refractivity (Wildman–Crippen MR) is 102 cm³/mol. The Bertz CT molecular complexity index is 719. The molecule has 1 aromatic carbocycles. The summed E-state index contributed by atoms with van der Waals surface area (Å²) >= 11 is 1.74. The van der Waals surface area contributed by atoms with Gasteiger partial charge in [0.1, 0.15) is 0 Å². The third-order valence-electron chi connectivity index (χ3n) is 3.38. The van der Waals surface area contributed by atoms with E-state index in [-0.39, 0.29) is 29.8 Å². The van der Waals surface area contributed by atoms with Crippen LogP contribution in [0.4, 0.5) is 5.69 Å². The maximum atomic E-state index is 11.5. The Hall–Kier alpha value is -1.47. The molecular weight excluding hydrogens is 409 g/mol. The van der Waals surface area contributed by atoms with E-state index >= 15 is 0 Å². The monoisotopic (exact) mass is 425 g/mol. The van der Waals surface area contributed by atoms with Gasteiger partial charge >= 0.3 is 0 Å². The van der Waals surface area contributed by atoms with Crippen LogP contribution < -0.4 is 4.90 Å². The van der Waals surface area contributed by atoms with Crippen molar-refractivity contribution in [1.29, 1.82) is 0 Å². The van der Waals surface area contributed by atoms with Crippen molar-refractivity contribution in [3.05, 3.63) is 71.0 Å². The maximum Gasteiger partial charge on any atom is 0.220 e. The number of ether oxygens (including phenoxy) is 1. The average molecular weight is 425 g/mol. The second-order valence-corrected chi connectivity index (χ2v) is 5.77. The Morgan fingerprint density at radius 2 is 1.95 bits per heavy atom. The van der Waals surface area contributed by atoms with Gasteiger partial charge in [-0.3, -0.25) is 4.79 Å². The zero-order valence-electron chi connectivity index (χ0n) is 12.3. The lowest BCUT2D eigenvalue weighted by Crippen LogP contribution is -2.09. The Morgan fingerprint density at radius 3 is 2.68 bits per heavy atom. The molecule has 0 atom stereocenters. The van der Waals surface area contributed by atoms with Gasteiger partial charge in [0.05, 0.1) is 17.8 Å². The molecule has 0 fully saturated rings. The molecule has 2 aliphatic rings. The SMILES string of the molecule is COC1=C/C(=C/C=C2\Sc3ccccc3N2C)C=CC1=O.I. The number of halogens is 1. The van der Waals surface area contributed by atoms with E-state index in [1.54, 1.807) is 23.9 Å². The van der Waals surface area contributed by atoms with Crippen LogP contribution in [-0.2, 0) is 9.53 Å². The fourth-order valence-corrected chi connectivity index (χ4v) is 3.27. The summed E-state index contributed by atoms with van der Waals surface area (Å²) in [6.45, 7) is 0. The number of benzene rings is 1. The van der Waals surface area contributed by atoms with Gasteiger partial charge in [-0.05, 0) is 35.9 Å². The van der Waals surface area contributed by atoms with Crippen molar-refractivity contribution in [2.24, 2.45) is 0 Å².